The Hall–Kier alpha value is -0.310. The lowest BCUT2D eigenvalue weighted by atomic mass is 10.2. The molecule has 1 fully saturated rings. The molecular weight excluding hydrogens is 184 g/mol. The van der Waals surface area contributed by atoms with E-state index in [0.717, 1.165) is 18.6 Å². The Labute approximate surface area is 62.0 Å². The minimum Gasteiger partial charge on any atom is -0.431 e. The van der Waals surface area contributed by atoms with Crippen molar-refractivity contribution >= 4 is 21.9 Å². The van der Waals surface area contributed by atoms with Gasteiger partial charge in [-0.05, 0) is 6.42 Å². The fourth-order valence-corrected chi connectivity index (χ4v) is 1.05. The van der Waals surface area contributed by atoms with Crippen molar-refractivity contribution in [2.45, 2.75) is 19.3 Å². The quantitative estimate of drug-likeness (QED) is 0.547. The van der Waals surface area contributed by atoms with Crippen LogP contribution in [0.5, 0.6) is 0 Å². The van der Waals surface area contributed by atoms with Crippen molar-refractivity contribution in [2.75, 3.05) is 0 Å². The molecule has 1 saturated heterocycles. The molecule has 0 saturated carbocycles. The second-order valence-corrected chi connectivity index (χ2v) is 2.36. The summed E-state index contributed by atoms with van der Waals surface area (Å²) in [5.74, 6) is 0.623. The normalized spacial score (nSPS) is 24.1. The van der Waals surface area contributed by atoms with Crippen molar-refractivity contribution in [1.82, 2.24) is 0 Å². The smallest absolute Gasteiger partial charge is 0.310 e. The Bertz CT molecular complexity index is 151. The maximum atomic E-state index is 10.5. The van der Waals surface area contributed by atoms with Crippen LogP contribution in [-0.2, 0) is 9.53 Å². The van der Waals surface area contributed by atoms with Crippen LogP contribution in [0.25, 0.3) is 0 Å². The zero-order chi connectivity index (χ0) is 6.69. The molecular formula is C6H7BrO2. The largest absolute Gasteiger partial charge is 0.431 e. The molecule has 3 heteroatoms. The SMILES string of the molecule is O=C1CCC/C(=C/Br)O1. The van der Waals surface area contributed by atoms with Crippen LogP contribution in [0.2, 0.25) is 0 Å². The third kappa shape index (κ3) is 1.82. The van der Waals surface area contributed by atoms with Gasteiger partial charge in [0.25, 0.3) is 0 Å². The highest BCUT2D eigenvalue weighted by Gasteiger charge is 2.12. The lowest BCUT2D eigenvalue weighted by molar-refractivity contribution is -0.141. The maximum Gasteiger partial charge on any atom is 0.310 e. The van der Waals surface area contributed by atoms with Gasteiger partial charge in [-0.2, -0.15) is 0 Å². The zero-order valence-corrected chi connectivity index (χ0v) is 6.48. The van der Waals surface area contributed by atoms with E-state index in [9.17, 15) is 4.79 Å². The van der Waals surface area contributed by atoms with Gasteiger partial charge in [0.05, 0.1) is 0 Å². The zero-order valence-electron chi connectivity index (χ0n) is 4.89. The molecule has 0 aromatic heterocycles. The number of cyclic esters (lactones) is 1. The van der Waals surface area contributed by atoms with E-state index in [0.29, 0.717) is 6.42 Å². The highest BCUT2D eigenvalue weighted by atomic mass is 79.9. The Kier molecular flexibility index (Phi) is 2.28. The molecule has 0 aromatic rings. The van der Waals surface area contributed by atoms with Gasteiger partial charge in [0.2, 0.25) is 0 Å². The summed E-state index contributed by atoms with van der Waals surface area (Å²) in [6.07, 6.45) is 2.34. The number of allylic oxidation sites excluding steroid dienone is 1. The Morgan fingerprint density at radius 1 is 1.56 bits per heavy atom. The van der Waals surface area contributed by atoms with Crippen LogP contribution < -0.4 is 0 Å². The topological polar surface area (TPSA) is 26.3 Å². The van der Waals surface area contributed by atoms with Gasteiger partial charge in [0, 0.05) is 17.8 Å². The Morgan fingerprint density at radius 3 is 2.78 bits per heavy atom. The fourth-order valence-electron chi connectivity index (χ4n) is 0.732. The molecule has 0 amide bonds. The van der Waals surface area contributed by atoms with Gasteiger partial charge in [0.1, 0.15) is 5.76 Å². The Balaban J connectivity index is 2.51. The second-order valence-electron chi connectivity index (χ2n) is 1.90. The van der Waals surface area contributed by atoms with Crippen LogP contribution in [0.4, 0.5) is 0 Å². The van der Waals surface area contributed by atoms with E-state index in [4.69, 9.17) is 4.74 Å². The number of carbonyl (C=O) groups excluding carboxylic acids is 1. The third-order valence-corrected chi connectivity index (χ3v) is 1.68. The summed E-state index contributed by atoms with van der Waals surface area (Å²) in [6, 6.07) is 0. The third-order valence-electron chi connectivity index (χ3n) is 1.17. The van der Waals surface area contributed by atoms with Crippen molar-refractivity contribution in [1.29, 1.82) is 0 Å². The average Bonchev–Trinajstić information content (AvgIpc) is 1.88. The molecule has 1 rings (SSSR count). The summed E-state index contributed by atoms with van der Waals surface area (Å²) < 4.78 is 4.81. The molecule has 0 unspecified atom stereocenters. The van der Waals surface area contributed by atoms with Crippen LogP contribution in [0.1, 0.15) is 19.3 Å². The number of ether oxygens (including phenoxy) is 1. The molecule has 1 heterocycles. The predicted octanol–water partition coefficient (Wildman–Crippen LogP) is 1.95. The van der Waals surface area contributed by atoms with Gasteiger partial charge in [-0.3, -0.25) is 4.79 Å². The summed E-state index contributed by atoms with van der Waals surface area (Å²) in [6.45, 7) is 0. The van der Waals surface area contributed by atoms with Crippen molar-refractivity contribution < 1.29 is 9.53 Å². The van der Waals surface area contributed by atoms with E-state index in [1.807, 2.05) is 0 Å². The molecule has 2 nitrogen and oxygen atoms in total. The highest BCUT2D eigenvalue weighted by Crippen LogP contribution is 2.17. The number of esters is 1. The number of halogens is 1. The van der Waals surface area contributed by atoms with E-state index in [2.05, 4.69) is 15.9 Å². The lowest BCUT2D eigenvalue weighted by Gasteiger charge is -2.11. The van der Waals surface area contributed by atoms with Crippen LogP contribution in [0.3, 0.4) is 0 Å². The molecule has 0 atom stereocenters. The minimum atomic E-state index is -0.119. The van der Waals surface area contributed by atoms with Gasteiger partial charge in [-0.15, -0.1) is 0 Å². The van der Waals surface area contributed by atoms with Gasteiger partial charge < -0.3 is 4.74 Å². The fraction of sp³-hybridized carbons (Fsp3) is 0.500. The minimum absolute atomic E-state index is 0.119. The average molecular weight is 191 g/mol. The number of hydrogen-bond acceptors (Lipinski definition) is 2. The molecule has 50 valence electrons. The molecule has 0 aliphatic carbocycles. The van der Waals surface area contributed by atoms with Crippen molar-refractivity contribution in [3.63, 3.8) is 0 Å². The summed E-state index contributed by atoms with van der Waals surface area (Å²) in [7, 11) is 0. The first kappa shape index (κ1) is 6.81. The number of hydrogen-bond donors (Lipinski definition) is 0. The summed E-state index contributed by atoms with van der Waals surface area (Å²) in [5, 5.41) is 0. The number of rotatable bonds is 0. The summed E-state index contributed by atoms with van der Waals surface area (Å²) in [4.78, 5) is 12.2. The maximum absolute atomic E-state index is 10.5. The second kappa shape index (κ2) is 3.01. The first-order valence-electron chi connectivity index (χ1n) is 2.83. The van der Waals surface area contributed by atoms with Crippen molar-refractivity contribution in [3.05, 3.63) is 10.7 Å². The number of carbonyl (C=O) groups is 1. The molecule has 0 spiro atoms. The van der Waals surface area contributed by atoms with E-state index in [1.165, 1.54) is 0 Å². The van der Waals surface area contributed by atoms with E-state index in [1.54, 1.807) is 4.99 Å². The van der Waals surface area contributed by atoms with Crippen molar-refractivity contribution in [3.8, 4) is 0 Å². The summed E-state index contributed by atoms with van der Waals surface area (Å²) >= 11 is 3.10. The molecule has 1 aliphatic rings. The molecule has 0 radical (unpaired) electrons. The Morgan fingerprint density at radius 2 is 2.33 bits per heavy atom. The van der Waals surface area contributed by atoms with Crippen LogP contribution in [0.15, 0.2) is 10.7 Å². The van der Waals surface area contributed by atoms with Crippen molar-refractivity contribution in [2.24, 2.45) is 0 Å². The molecule has 9 heavy (non-hydrogen) atoms. The highest BCUT2D eigenvalue weighted by molar-refractivity contribution is 9.11. The van der Waals surface area contributed by atoms with E-state index >= 15 is 0 Å². The van der Waals surface area contributed by atoms with E-state index in [-0.39, 0.29) is 5.97 Å². The molecule has 1 aliphatic heterocycles. The van der Waals surface area contributed by atoms with Crippen LogP contribution >= 0.6 is 15.9 Å². The van der Waals surface area contributed by atoms with Gasteiger partial charge >= 0.3 is 5.97 Å². The molecule has 0 N–H and O–H groups in total. The standard InChI is InChI=1S/C6H7BrO2/c7-4-5-2-1-3-6(8)9-5/h4H,1-3H2/b5-4-. The monoisotopic (exact) mass is 190 g/mol. The van der Waals surface area contributed by atoms with Gasteiger partial charge in [-0.25, -0.2) is 0 Å². The summed E-state index contributed by atoms with van der Waals surface area (Å²) in [5.41, 5.74) is 0. The van der Waals surface area contributed by atoms with E-state index < -0.39 is 0 Å². The predicted molar refractivity (Wildman–Crippen MR) is 37.0 cm³/mol. The lowest BCUT2D eigenvalue weighted by Crippen LogP contribution is -2.09. The molecule has 0 bridgehead atoms. The van der Waals surface area contributed by atoms with Gasteiger partial charge in [-0.1, -0.05) is 15.9 Å². The van der Waals surface area contributed by atoms with Crippen LogP contribution in [0, 0.1) is 0 Å². The molecule has 0 aromatic carbocycles. The first-order valence-corrected chi connectivity index (χ1v) is 3.74. The van der Waals surface area contributed by atoms with Crippen LogP contribution in [-0.4, -0.2) is 5.97 Å². The van der Waals surface area contributed by atoms with Gasteiger partial charge in [0.15, 0.2) is 0 Å². The first-order chi connectivity index (χ1) is 4.33.